The number of nitrogens with one attached hydrogen (secondary N) is 2. The minimum atomic E-state index is -0.464. The van der Waals surface area contributed by atoms with Gasteiger partial charge in [-0.2, -0.15) is 9.97 Å². The molecule has 3 heterocycles. The van der Waals surface area contributed by atoms with E-state index in [1.54, 1.807) is 11.0 Å². The monoisotopic (exact) mass is 677 g/mol. The second-order valence-electron chi connectivity index (χ2n) is 12.7. The molecule has 0 radical (unpaired) electrons. The van der Waals surface area contributed by atoms with Gasteiger partial charge in [0.2, 0.25) is 5.95 Å². The van der Waals surface area contributed by atoms with Gasteiger partial charge in [0.25, 0.3) is 5.69 Å². The minimum Gasteiger partial charge on any atom is -0.444 e. The summed E-state index contributed by atoms with van der Waals surface area (Å²) in [7, 11) is 0. The van der Waals surface area contributed by atoms with E-state index in [1.165, 1.54) is 18.9 Å². The Kier molecular flexibility index (Phi) is 11.9. The van der Waals surface area contributed by atoms with Crippen LogP contribution in [0.1, 0.15) is 86.9 Å². The maximum atomic E-state index is 12.9. The Hall–Kier alpha value is -3.42. The smallest absolute Gasteiger partial charge is 0.410 e. The van der Waals surface area contributed by atoms with Gasteiger partial charge in [-0.25, -0.2) is 9.78 Å². The summed E-state index contributed by atoms with van der Waals surface area (Å²) in [6.07, 6.45) is 11.5. The molecule has 3 fully saturated rings. The number of imidazole rings is 1. The summed E-state index contributed by atoms with van der Waals surface area (Å²) in [6.45, 7) is 4.58. The van der Waals surface area contributed by atoms with E-state index in [0.29, 0.717) is 55.3 Å². The average Bonchev–Trinajstić information content (AvgIpc) is 3.69. The number of amides is 1. The van der Waals surface area contributed by atoms with Gasteiger partial charge in [-0.3, -0.25) is 10.1 Å². The van der Waals surface area contributed by atoms with E-state index in [1.807, 2.05) is 20.2 Å². The maximum absolute atomic E-state index is 12.9. The number of carbonyl (C=O) groups excluding carboxylic acids is 1. The number of nitrogens with zero attached hydrogens (tertiary/aromatic N) is 6. The molecule has 0 spiro atoms. The van der Waals surface area contributed by atoms with Gasteiger partial charge in [0.1, 0.15) is 6.61 Å². The summed E-state index contributed by atoms with van der Waals surface area (Å²) in [5.74, 6) is 1.33. The number of nitrogens with two attached hydrogens (primary N) is 1. The topological polar surface area (TPSA) is 166 Å². The van der Waals surface area contributed by atoms with Gasteiger partial charge in [-0.05, 0) is 82.4 Å². The summed E-state index contributed by atoms with van der Waals surface area (Å²) < 4.78 is 7.74. The second kappa shape index (κ2) is 15.4. The molecule has 0 unspecified atom stereocenters. The number of anilines is 2. The van der Waals surface area contributed by atoms with Crippen molar-refractivity contribution in [2.24, 2.45) is 5.73 Å². The number of fused-ring (bicyclic) bond motifs is 1. The van der Waals surface area contributed by atoms with Crippen molar-refractivity contribution in [3.05, 3.63) is 45.3 Å². The molecule has 1 saturated heterocycles. The van der Waals surface area contributed by atoms with Crippen molar-refractivity contribution in [2.45, 2.75) is 109 Å². The third-order valence-electron chi connectivity index (χ3n) is 9.58. The lowest BCUT2D eigenvalue weighted by molar-refractivity contribution is -0.385. The number of nitro benzene ring substituents is 1. The number of ether oxygens (including phenoxy) is 1. The summed E-state index contributed by atoms with van der Waals surface area (Å²) in [4.78, 5) is 40.2. The molecule has 1 aromatic carbocycles. The largest absolute Gasteiger partial charge is 0.444 e. The van der Waals surface area contributed by atoms with Gasteiger partial charge >= 0.3 is 6.09 Å². The number of hydrogen-bond acceptors (Lipinski definition) is 10. The zero-order valence-corrected chi connectivity index (χ0v) is 28.1. The third-order valence-corrected chi connectivity index (χ3v) is 9.58. The fourth-order valence-electron chi connectivity index (χ4n) is 6.75. The van der Waals surface area contributed by atoms with Crippen LogP contribution in [0.5, 0.6) is 0 Å². The van der Waals surface area contributed by atoms with Gasteiger partial charge < -0.3 is 30.6 Å². The van der Waals surface area contributed by atoms with E-state index in [-0.39, 0.29) is 49.2 Å². The van der Waals surface area contributed by atoms with Gasteiger partial charge in [0.05, 0.1) is 16.8 Å². The summed E-state index contributed by atoms with van der Waals surface area (Å²) in [6, 6.07) is 4.31. The highest BCUT2D eigenvalue weighted by atomic mass is 35.5. The molecule has 1 aliphatic heterocycles. The van der Waals surface area contributed by atoms with Gasteiger partial charge in [-0.1, -0.05) is 12.8 Å². The molecule has 1 amide bonds. The lowest BCUT2D eigenvalue weighted by Crippen LogP contribution is -2.42. The van der Waals surface area contributed by atoms with Crippen LogP contribution in [-0.4, -0.2) is 66.7 Å². The lowest BCUT2D eigenvalue weighted by atomic mass is 9.92. The average molecular weight is 679 g/mol. The molecule has 0 atom stereocenters. The first-order valence-electron chi connectivity index (χ1n) is 15.9. The van der Waals surface area contributed by atoms with Gasteiger partial charge in [0.15, 0.2) is 17.0 Å². The van der Waals surface area contributed by atoms with E-state index >= 15 is 0 Å². The normalized spacial score (nSPS) is 20.5. The number of piperidine rings is 1. The number of rotatable bonds is 8. The van der Waals surface area contributed by atoms with Crippen LogP contribution in [0, 0.1) is 24.0 Å². The molecule has 2 aromatic heterocycles. The molecule has 46 heavy (non-hydrogen) atoms. The Bertz CT molecular complexity index is 1520. The minimum absolute atomic E-state index is 0. The Morgan fingerprint density at radius 1 is 0.978 bits per heavy atom. The van der Waals surface area contributed by atoms with Crippen LogP contribution in [0.15, 0.2) is 18.5 Å². The van der Waals surface area contributed by atoms with Crippen LogP contribution in [-0.2, 0) is 11.3 Å². The molecular weight excluding hydrogens is 633 g/mol. The summed E-state index contributed by atoms with van der Waals surface area (Å²) >= 11 is 0. The number of carbonyl (C=O) groups is 1. The first-order chi connectivity index (χ1) is 21.2. The van der Waals surface area contributed by atoms with Crippen molar-refractivity contribution in [1.82, 2.24) is 24.4 Å². The maximum Gasteiger partial charge on any atom is 0.410 e. The van der Waals surface area contributed by atoms with E-state index in [4.69, 9.17) is 25.4 Å². The molecule has 13 nitrogen and oxygen atoms in total. The van der Waals surface area contributed by atoms with Crippen molar-refractivity contribution < 1.29 is 14.5 Å². The lowest BCUT2D eigenvalue weighted by Gasteiger charge is -2.32. The van der Waals surface area contributed by atoms with Crippen LogP contribution in [0.25, 0.3) is 11.2 Å². The number of aryl methyl sites for hydroxylation is 2. The fraction of sp³-hybridized carbons (Fsp3) is 0.613. The highest BCUT2D eigenvalue weighted by molar-refractivity contribution is 5.86. The third kappa shape index (κ3) is 7.92. The van der Waals surface area contributed by atoms with Crippen molar-refractivity contribution in [3.63, 3.8) is 0 Å². The first kappa shape index (κ1) is 35.4. The second-order valence-corrected chi connectivity index (χ2v) is 12.7. The van der Waals surface area contributed by atoms with E-state index in [2.05, 4.69) is 15.2 Å². The molecule has 15 heteroatoms. The number of hydrogen-bond donors (Lipinski definition) is 3. The number of aromatic nitrogens is 4. The van der Waals surface area contributed by atoms with Crippen LogP contribution < -0.4 is 16.4 Å². The Balaban J connectivity index is 0.00000240. The Morgan fingerprint density at radius 3 is 2.30 bits per heavy atom. The fourth-order valence-corrected chi connectivity index (χ4v) is 6.75. The molecule has 6 rings (SSSR count). The Labute approximate surface area is 281 Å². The van der Waals surface area contributed by atoms with Gasteiger partial charge in [0, 0.05) is 43.3 Å². The SMILES string of the molecule is Cc1cc(COC(=O)N2CCC(Nc3nc(NC4CCC(N)CC4)nc4c3ncn4C3CCCC3)CC2)c([N+](=O)[O-])cc1C.Cl.Cl. The molecule has 3 aliphatic rings. The molecule has 2 saturated carbocycles. The molecule has 0 bridgehead atoms. The standard InChI is InChI=1S/C31H43N9O4.2ClH/c1-19-15-21(26(40(42)43)16-20(19)2)17-44-31(41)38-13-11-24(12-14-38)34-28-27-29(39(18-33-27)25-5-3-4-6-25)37-30(36-28)35-23-9-7-22(32)8-10-23;;/h15-16,18,22-25H,3-14,17,32H2,1-2H3,(H2,34,35,36,37);2*1H. The van der Waals surface area contributed by atoms with Crippen LogP contribution in [0.2, 0.25) is 0 Å². The molecule has 2 aliphatic carbocycles. The van der Waals surface area contributed by atoms with Gasteiger partial charge in [-0.15, -0.1) is 24.8 Å². The molecular formula is C31H45Cl2N9O4. The zero-order valence-electron chi connectivity index (χ0n) is 26.4. The van der Waals surface area contributed by atoms with Crippen LogP contribution >= 0.6 is 24.8 Å². The van der Waals surface area contributed by atoms with E-state index < -0.39 is 11.0 Å². The predicted octanol–water partition coefficient (Wildman–Crippen LogP) is 6.20. The number of nitro groups is 1. The number of halogens is 2. The summed E-state index contributed by atoms with van der Waals surface area (Å²) in [5, 5.41) is 18.7. The van der Waals surface area contributed by atoms with E-state index in [9.17, 15) is 14.9 Å². The number of benzene rings is 1. The molecule has 4 N–H and O–H groups in total. The zero-order chi connectivity index (χ0) is 30.8. The summed E-state index contributed by atoms with van der Waals surface area (Å²) in [5.41, 5.74) is 9.86. The van der Waals surface area contributed by atoms with Crippen molar-refractivity contribution in [3.8, 4) is 0 Å². The van der Waals surface area contributed by atoms with Crippen LogP contribution in [0.3, 0.4) is 0 Å². The van der Waals surface area contributed by atoms with E-state index in [0.717, 1.165) is 60.8 Å². The first-order valence-corrected chi connectivity index (χ1v) is 15.9. The molecule has 3 aromatic rings. The van der Waals surface area contributed by atoms with Crippen molar-refractivity contribution >= 4 is 59.5 Å². The van der Waals surface area contributed by atoms with Crippen molar-refractivity contribution in [2.75, 3.05) is 23.7 Å². The quantitative estimate of drug-likeness (QED) is 0.184. The Morgan fingerprint density at radius 2 is 1.63 bits per heavy atom. The predicted molar refractivity (Wildman–Crippen MR) is 182 cm³/mol. The van der Waals surface area contributed by atoms with Crippen molar-refractivity contribution in [1.29, 1.82) is 0 Å². The van der Waals surface area contributed by atoms with Crippen LogP contribution in [0.4, 0.5) is 22.2 Å². The number of likely N-dealkylation sites (tertiary alicyclic amines) is 1. The molecule has 252 valence electrons. The highest BCUT2D eigenvalue weighted by Crippen LogP contribution is 2.34. The highest BCUT2D eigenvalue weighted by Gasteiger charge is 2.28.